The fourth-order valence-corrected chi connectivity index (χ4v) is 1.66. The van der Waals surface area contributed by atoms with E-state index < -0.39 is 5.97 Å². The smallest absolute Gasteiger partial charge is 1.00 e. The van der Waals surface area contributed by atoms with Gasteiger partial charge in [-0.15, -0.1) is 0 Å². The zero-order valence-electron chi connectivity index (χ0n) is 11.2. The van der Waals surface area contributed by atoms with Gasteiger partial charge in [0.2, 0.25) is 5.89 Å². The topological polar surface area (TPSA) is 76.2 Å². The monoisotopic (exact) mass is 248 g/mol. The Labute approximate surface area is 122 Å². The van der Waals surface area contributed by atoms with E-state index in [0.29, 0.717) is 17.0 Å². The molecule has 0 fully saturated rings. The van der Waals surface area contributed by atoms with E-state index in [1.165, 1.54) is 12.1 Å². The number of carboxylic acids is 1. The van der Waals surface area contributed by atoms with E-state index in [4.69, 9.17) is 9.52 Å². The predicted molar refractivity (Wildman–Crippen MR) is 65.3 cm³/mol. The van der Waals surface area contributed by atoms with Gasteiger partial charge >= 0.3 is 24.8 Å². The van der Waals surface area contributed by atoms with E-state index in [2.05, 4.69) is 9.97 Å². The molecule has 0 amide bonds. The number of oxazole rings is 1. The number of pyridine rings is 1. The number of nitrogens with zero attached hydrogens (tertiary/aromatic N) is 2. The van der Waals surface area contributed by atoms with Gasteiger partial charge in [-0.3, -0.25) is 4.98 Å². The quantitative estimate of drug-likeness (QED) is 0.630. The van der Waals surface area contributed by atoms with Crippen LogP contribution in [0.2, 0.25) is 0 Å². The minimum absolute atomic E-state index is 0. The van der Waals surface area contributed by atoms with Crippen molar-refractivity contribution >= 4 is 17.1 Å². The van der Waals surface area contributed by atoms with Crippen molar-refractivity contribution in [1.29, 1.82) is 0 Å². The van der Waals surface area contributed by atoms with Gasteiger partial charge in [0, 0.05) is 17.8 Å². The Kier molecular flexibility index (Phi) is 3.70. The van der Waals surface area contributed by atoms with Gasteiger partial charge in [0.25, 0.3) is 0 Å². The number of benzene rings is 1. The molecule has 1 aromatic carbocycles. The first-order valence-corrected chi connectivity index (χ1v) is 5.28. The van der Waals surface area contributed by atoms with Crippen LogP contribution < -0.4 is 18.9 Å². The second kappa shape index (κ2) is 5.27. The van der Waals surface area contributed by atoms with Gasteiger partial charge in [0.1, 0.15) is 5.52 Å². The van der Waals surface area contributed by atoms with Crippen LogP contribution in [0.4, 0.5) is 0 Å². The van der Waals surface area contributed by atoms with Gasteiger partial charge < -0.3 is 11.0 Å². The van der Waals surface area contributed by atoms with Gasteiger partial charge in [-0.1, -0.05) is 0 Å². The summed E-state index contributed by atoms with van der Waals surface area (Å²) < 4.78 is 5.56. The van der Waals surface area contributed by atoms with Crippen molar-refractivity contribution in [3.8, 4) is 11.5 Å². The van der Waals surface area contributed by atoms with Crippen molar-refractivity contribution < 1.29 is 34.6 Å². The zero-order valence-corrected chi connectivity index (χ0v) is 10.2. The number of carboxylic acid groups (broad SMARTS) is 1. The van der Waals surface area contributed by atoms with Gasteiger partial charge in [0.05, 0.1) is 11.8 Å². The molecule has 0 bridgehead atoms. The molecule has 90 valence electrons. The summed E-state index contributed by atoms with van der Waals surface area (Å²) in [6, 6.07) is 8.11. The molecule has 0 radical (unpaired) electrons. The van der Waals surface area contributed by atoms with Crippen molar-refractivity contribution in [2.45, 2.75) is 0 Å². The summed E-state index contributed by atoms with van der Waals surface area (Å²) in [5, 5.41) is 8.81. The molecule has 0 aliphatic rings. The molecule has 2 aromatic heterocycles. The molecule has 0 saturated heterocycles. The third kappa shape index (κ3) is 2.52. The Bertz CT molecular complexity index is 695. The average Bonchev–Trinajstić information content (AvgIpc) is 2.82. The Morgan fingerprint density at radius 1 is 1.21 bits per heavy atom. The molecule has 0 aliphatic heterocycles. The summed E-state index contributed by atoms with van der Waals surface area (Å²) in [6.07, 6.45) is 3.25. The summed E-state index contributed by atoms with van der Waals surface area (Å²) in [4.78, 5) is 19.0. The van der Waals surface area contributed by atoms with E-state index in [1.54, 1.807) is 30.6 Å². The molecule has 6 heteroatoms. The molecule has 3 aromatic rings. The van der Waals surface area contributed by atoms with Crippen molar-refractivity contribution in [1.82, 2.24) is 9.97 Å². The van der Waals surface area contributed by atoms with Crippen LogP contribution in [0.1, 0.15) is 11.8 Å². The van der Waals surface area contributed by atoms with Crippen molar-refractivity contribution in [2.75, 3.05) is 0 Å². The summed E-state index contributed by atoms with van der Waals surface area (Å²) in [6.45, 7) is 0. The minimum atomic E-state index is -0.955. The number of hydrogen-bond donors (Lipinski definition) is 1. The summed E-state index contributed by atoms with van der Waals surface area (Å²) in [5.41, 5.74) is 2.30. The second-order valence-corrected chi connectivity index (χ2v) is 3.74. The first-order chi connectivity index (χ1) is 8.74. The molecule has 2 heterocycles. The SMILES string of the molecule is O=C(O)c1ccc(-c2nc3cnccc3o2)cc1.[H-].[Li+]. The summed E-state index contributed by atoms with van der Waals surface area (Å²) >= 11 is 0. The average molecular weight is 248 g/mol. The third-order valence-electron chi connectivity index (χ3n) is 2.57. The minimum Gasteiger partial charge on any atom is -1.00 e. The van der Waals surface area contributed by atoms with Gasteiger partial charge in [-0.05, 0) is 24.3 Å². The van der Waals surface area contributed by atoms with Crippen molar-refractivity contribution in [3.05, 3.63) is 48.3 Å². The van der Waals surface area contributed by atoms with E-state index >= 15 is 0 Å². The second-order valence-electron chi connectivity index (χ2n) is 3.74. The number of fused-ring (bicyclic) bond motifs is 1. The summed E-state index contributed by atoms with van der Waals surface area (Å²) in [7, 11) is 0. The van der Waals surface area contributed by atoms with Crippen molar-refractivity contribution in [2.24, 2.45) is 0 Å². The molecule has 19 heavy (non-hydrogen) atoms. The molecule has 0 spiro atoms. The fraction of sp³-hybridized carbons (Fsp3) is 0. The molecule has 5 nitrogen and oxygen atoms in total. The Balaban J connectivity index is 0.000001000. The standard InChI is InChI=1S/C13H8N2O3.Li.H/c16-13(17)9-3-1-8(2-4-9)12-15-10-7-14-6-5-11(10)18-12;;/h1-7H,(H,16,17);;/q;+1;-1. The Morgan fingerprint density at radius 2 is 1.95 bits per heavy atom. The largest absolute Gasteiger partial charge is 1.00 e. The van der Waals surface area contributed by atoms with Crippen LogP contribution in [0.5, 0.6) is 0 Å². The molecule has 0 atom stereocenters. The maximum Gasteiger partial charge on any atom is 1.00 e. The van der Waals surface area contributed by atoms with Gasteiger partial charge in [-0.25, -0.2) is 9.78 Å². The molecule has 1 N–H and O–H groups in total. The predicted octanol–water partition coefficient (Wildman–Crippen LogP) is -0.296. The Hall–Kier alpha value is -2.09. The van der Waals surface area contributed by atoms with Crippen molar-refractivity contribution in [3.63, 3.8) is 0 Å². The van der Waals surface area contributed by atoms with Crippen LogP contribution in [0, 0.1) is 0 Å². The maximum atomic E-state index is 10.7. The summed E-state index contributed by atoms with van der Waals surface area (Å²) in [5.74, 6) is -0.502. The van der Waals surface area contributed by atoms with Crippen LogP contribution in [-0.2, 0) is 0 Å². The normalized spacial score (nSPS) is 10.1. The first-order valence-electron chi connectivity index (χ1n) is 5.28. The van der Waals surface area contributed by atoms with Gasteiger partial charge in [0.15, 0.2) is 5.58 Å². The van der Waals surface area contributed by atoms with Crippen LogP contribution in [-0.4, -0.2) is 21.0 Å². The van der Waals surface area contributed by atoms with E-state index in [-0.39, 0.29) is 25.9 Å². The Morgan fingerprint density at radius 3 is 2.58 bits per heavy atom. The van der Waals surface area contributed by atoms with E-state index in [1.807, 2.05) is 0 Å². The van der Waals surface area contributed by atoms with Crippen LogP contribution in [0.25, 0.3) is 22.6 Å². The fourth-order valence-electron chi connectivity index (χ4n) is 1.66. The molecule has 0 aliphatic carbocycles. The zero-order chi connectivity index (χ0) is 12.5. The number of aromatic carboxylic acids is 1. The number of carbonyl (C=O) groups is 1. The first kappa shape index (κ1) is 13.3. The molecule has 0 unspecified atom stereocenters. The van der Waals surface area contributed by atoms with E-state index in [0.717, 1.165) is 5.56 Å². The maximum absolute atomic E-state index is 10.7. The van der Waals surface area contributed by atoms with Crippen LogP contribution >= 0.6 is 0 Å². The van der Waals surface area contributed by atoms with Crippen LogP contribution in [0.15, 0.2) is 47.1 Å². The molecular weight excluding hydrogens is 239 g/mol. The number of rotatable bonds is 2. The van der Waals surface area contributed by atoms with Gasteiger partial charge in [-0.2, -0.15) is 0 Å². The van der Waals surface area contributed by atoms with Crippen LogP contribution in [0.3, 0.4) is 0 Å². The third-order valence-corrected chi connectivity index (χ3v) is 2.57. The van der Waals surface area contributed by atoms with E-state index in [9.17, 15) is 4.79 Å². The molecule has 3 rings (SSSR count). The number of aromatic nitrogens is 2. The number of hydrogen-bond acceptors (Lipinski definition) is 4. The molecule has 0 saturated carbocycles. The molecular formula is C13H9LiN2O3.